The fourth-order valence-corrected chi connectivity index (χ4v) is 4.51. The molecule has 1 amide bonds. The van der Waals surface area contributed by atoms with Crippen molar-refractivity contribution in [1.29, 1.82) is 0 Å². The predicted octanol–water partition coefficient (Wildman–Crippen LogP) is 3.97. The molecule has 0 N–H and O–H groups in total. The largest absolute Gasteiger partial charge is 0.486 e. The number of carbonyl (C=O) groups is 1. The van der Waals surface area contributed by atoms with E-state index in [2.05, 4.69) is 0 Å². The van der Waals surface area contributed by atoms with Crippen molar-refractivity contribution in [2.24, 2.45) is 7.05 Å². The molecule has 2 heterocycles. The standard InChI is InChI=1S/C22H20N2O4S/c1-23-16-12-8-7-11-15(16)19-17(21(23)25)18(20(29-19)22(26)24(2)27-3)28-13-14-9-5-4-6-10-14/h4-12H,13H2,1-3H3. The Morgan fingerprint density at radius 2 is 1.79 bits per heavy atom. The number of amides is 1. The Kier molecular flexibility index (Phi) is 5.08. The van der Waals surface area contributed by atoms with Gasteiger partial charge in [-0.25, -0.2) is 5.06 Å². The van der Waals surface area contributed by atoms with E-state index >= 15 is 0 Å². The fraction of sp³-hybridized carbons (Fsp3) is 0.182. The predicted molar refractivity (Wildman–Crippen MR) is 114 cm³/mol. The van der Waals surface area contributed by atoms with Crippen molar-refractivity contribution in [3.63, 3.8) is 0 Å². The molecule has 7 heteroatoms. The number of aryl methyl sites for hydroxylation is 1. The number of carbonyl (C=O) groups excluding carboxylic acids is 1. The van der Waals surface area contributed by atoms with Gasteiger partial charge in [0.1, 0.15) is 16.9 Å². The number of thiophene rings is 1. The van der Waals surface area contributed by atoms with Gasteiger partial charge in [-0.1, -0.05) is 48.5 Å². The normalized spacial score (nSPS) is 11.1. The number of aromatic nitrogens is 1. The van der Waals surface area contributed by atoms with Gasteiger partial charge in [0.25, 0.3) is 11.5 Å². The van der Waals surface area contributed by atoms with Crippen LogP contribution >= 0.6 is 11.3 Å². The SMILES string of the molecule is CON(C)C(=O)c1sc2c(c1OCc1ccccc1)c(=O)n(C)c1ccccc21. The van der Waals surface area contributed by atoms with Crippen LogP contribution in [0.25, 0.3) is 21.0 Å². The molecule has 0 radical (unpaired) electrons. The van der Waals surface area contributed by atoms with Crippen LogP contribution in [0, 0.1) is 0 Å². The summed E-state index contributed by atoms with van der Waals surface area (Å²) in [7, 11) is 4.68. The first-order valence-electron chi connectivity index (χ1n) is 9.06. The van der Waals surface area contributed by atoms with Gasteiger partial charge in [0.05, 0.1) is 17.3 Å². The number of nitrogens with zero attached hydrogens (tertiary/aromatic N) is 2. The van der Waals surface area contributed by atoms with Crippen LogP contribution in [0.4, 0.5) is 0 Å². The smallest absolute Gasteiger partial charge is 0.291 e. The zero-order chi connectivity index (χ0) is 20.5. The molecule has 0 bridgehead atoms. The maximum atomic E-state index is 13.2. The molecule has 0 fully saturated rings. The van der Waals surface area contributed by atoms with Gasteiger partial charge < -0.3 is 9.30 Å². The van der Waals surface area contributed by atoms with E-state index in [0.29, 0.717) is 16.0 Å². The van der Waals surface area contributed by atoms with Gasteiger partial charge in [0.15, 0.2) is 5.75 Å². The zero-order valence-electron chi connectivity index (χ0n) is 16.3. The monoisotopic (exact) mass is 408 g/mol. The number of ether oxygens (including phenoxy) is 1. The molecule has 0 spiro atoms. The first-order chi connectivity index (χ1) is 14.0. The summed E-state index contributed by atoms with van der Waals surface area (Å²) in [5, 5.41) is 2.45. The van der Waals surface area contributed by atoms with Crippen molar-refractivity contribution in [2.45, 2.75) is 6.61 Å². The lowest BCUT2D eigenvalue weighted by Gasteiger charge is -2.14. The number of hydroxylamine groups is 2. The summed E-state index contributed by atoms with van der Waals surface area (Å²) in [4.78, 5) is 31.5. The second-order valence-electron chi connectivity index (χ2n) is 6.61. The highest BCUT2D eigenvalue weighted by Crippen LogP contribution is 2.40. The summed E-state index contributed by atoms with van der Waals surface area (Å²) < 4.78 is 8.40. The van der Waals surface area contributed by atoms with E-state index in [0.717, 1.165) is 26.2 Å². The van der Waals surface area contributed by atoms with Crippen LogP contribution in [0.15, 0.2) is 59.4 Å². The summed E-state index contributed by atoms with van der Waals surface area (Å²) in [6.07, 6.45) is 0. The maximum absolute atomic E-state index is 13.2. The average molecular weight is 408 g/mol. The van der Waals surface area contributed by atoms with Crippen molar-refractivity contribution >= 4 is 38.2 Å². The molecular formula is C22H20N2O4S. The molecule has 148 valence electrons. The van der Waals surface area contributed by atoms with Gasteiger partial charge >= 0.3 is 0 Å². The van der Waals surface area contributed by atoms with E-state index in [1.54, 1.807) is 11.6 Å². The van der Waals surface area contributed by atoms with Gasteiger partial charge in [-0.2, -0.15) is 0 Å². The molecule has 4 rings (SSSR count). The van der Waals surface area contributed by atoms with Crippen molar-refractivity contribution in [3.05, 3.63) is 75.4 Å². The van der Waals surface area contributed by atoms with Gasteiger partial charge in [0.2, 0.25) is 0 Å². The molecule has 0 unspecified atom stereocenters. The Morgan fingerprint density at radius 3 is 2.52 bits per heavy atom. The van der Waals surface area contributed by atoms with E-state index in [4.69, 9.17) is 9.57 Å². The molecule has 0 atom stereocenters. The highest BCUT2D eigenvalue weighted by atomic mass is 32.1. The van der Waals surface area contributed by atoms with Crippen LogP contribution in [-0.2, 0) is 18.5 Å². The number of benzene rings is 2. The van der Waals surface area contributed by atoms with E-state index in [1.807, 2.05) is 54.6 Å². The molecule has 0 aliphatic carbocycles. The number of pyridine rings is 1. The van der Waals surface area contributed by atoms with Crippen LogP contribution in [0.3, 0.4) is 0 Å². The van der Waals surface area contributed by atoms with Crippen LogP contribution in [0.1, 0.15) is 15.2 Å². The Bertz CT molecular complexity index is 1260. The molecule has 0 aliphatic rings. The number of hydrogen-bond acceptors (Lipinski definition) is 5. The molecule has 2 aromatic heterocycles. The lowest BCUT2D eigenvalue weighted by molar-refractivity contribution is -0.0755. The lowest BCUT2D eigenvalue weighted by Crippen LogP contribution is -2.25. The Balaban J connectivity index is 1.97. The molecular weight excluding hydrogens is 388 g/mol. The van der Waals surface area contributed by atoms with Gasteiger partial charge in [-0.3, -0.25) is 14.4 Å². The highest BCUT2D eigenvalue weighted by Gasteiger charge is 2.27. The van der Waals surface area contributed by atoms with Crippen LogP contribution < -0.4 is 10.3 Å². The molecule has 6 nitrogen and oxygen atoms in total. The second kappa shape index (κ2) is 7.69. The molecule has 29 heavy (non-hydrogen) atoms. The summed E-state index contributed by atoms with van der Waals surface area (Å²) >= 11 is 1.25. The molecule has 0 saturated heterocycles. The quantitative estimate of drug-likeness (QED) is 0.469. The molecule has 0 saturated carbocycles. The second-order valence-corrected chi connectivity index (χ2v) is 7.63. The van der Waals surface area contributed by atoms with E-state index in [-0.39, 0.29) is 18.1 Å². The number of fused-ring (bicyclic) bond motifs is 3. The van der Waals surface area contributed by atoms with E-state index in [1.165, 1.54) is 25.5 Å². The van der Waals surface area contributed by atoms with Crippen LogP contribution in [-0.4, -0.2) is 29.7 Å². The summed E-state index contributed by atoms with van der Waals surface area (Å²) in [6.45, 7) is 0.250. The minimum Gasteiger partial charge on any atom is -0.486 e. The maximum Gasteiger partial charge on any atom is 0.291 e. The van der Waals surface area contributed by atoms with Crippen LogP contribution in [0.2, 0.25) is 0 Å². The number of para-hydroxylation sites is 1. The Hall–Kier alpha value is -3.16. The minimum absolute atomic E-state index is 0.197. The first kappa shape index (κ1) is 19.2. The van der Waals surface area contributed by atoms with Crippen molar-refractivity contribution in [3.8, 4) is 5.75 Å². The van der Waals surface area contributed by atoms with Crippen molar-refractivity contribution in [1.82, 2.24) is 9.63 Å². The Labute approximate surface area is 171 Å². The fourth-order valence-electron chi connectivity index (χ4n) is 3.27. The topological polar surface area (TPSA) is 60.8 Å². The van der Waals surface area contributed by atoms with Gasteiger partial charge in [-0.15, -0.1) is 11.3 Å². The third-order valence-electron chi connectivity index (χ3n) is 4.87. The first-order valence-corrected chi connectivity index (χ1v) is 9.87. The van der Waals surface area contributed by atoms with Gasteiger partial charge in [-0.05, 0) is 11.6 Å². The molecule has 4 aromatic rings. The van der Waals surface area contributed by atoms with Crippen molar-refractivity contribution in [2.75, 3.05) is 14.2 Å². The zero-order valence-corrected chi connectivity index (χ0v) is 17.2. The minimum atomic E-state index is -0.358. The van der Waals surface area contributed by atoms with E-state index < -0.39 is 0 Å². The summed E-state index contributed by atoms with van der Waals surface area (Å²) in [5.74, 6) is -0.0583. The van der Waals surface area contributed by atoms with Crippen molar-refractivity contribution < 1.29 is 14.4 Å². The van der Waals surface area contributed by atoms with Gasteiger partial charge in [0, 0.05) is 19.5 Å². The highest BCUT2D eigenvalue weighted by molar-refractivity contribution is 7.22. The average Bonchev–Trinajstić information content (AvgIpc) is 3.15. The molecule has 2 aromatic carbocycles. The third-order valence-corrected chi connectivity index (χ3v) is 6.07. The van der Waals surface area contributed by atoms with E-state index in [9.17, 15) is 9.59 Å². The third kappa shape index (κ3) is 3.28. The number of hydrogen-bond donors (Lipinski definition) is 0. The Morgan fingerprint density at radius 1 is 1.10 bits per heavy atom. The number of rotatable bonds is 5. The summed E-state index contributed by atoms with van der Waals surface area (Å²) in [6, 6.07) is 17.3. The van der Waals surface area contributed by atoms with Crippen LogP contribution in [0.5, 0.6) is 5.75 Å². The lowest BCUT2D eigenvalue weighted by atomic mass is 10.1. The summed E-state index contributed by atoms with van der Waals surface area (Å²) in [5.41, 5.74) is 1.56. The molecule has 0 aliphatic heterocycles.